The standard InChI is InChI=1S/C15H28N2OS/c1-6-15(7-2,18-8-3)14-17-12(9-11(4)5)13(10-16)19-14/h11H,6-10,16H2,1-5H3. The summed E-state index contributed by atoms with van der Waals surface area (Å²) >= 11 is 1.74. The maximum Gasteiger partial charge on any atom is 0.125 e. The van der Waals surface area contributed by atoms with Gasteiger partial charge in [0.25, 0.3) is 0 Å². The summed E-state index contributed by atoms with van der Waals surface area (Å²) in [6, 6.07) is 0. The number of ether oxygens (including phenoxy) is 1. The molecule has 0 aliphatic rings. The molecule has 1 rings (SSSR count). The molecule has 0 atom stereocenters. The fourth-order valence-electron chi connectivity index (χ4n) is 2.38. The van der Waals surface area contributed by atoms with Crippen molar-refractivity contribution < 1.29 is 4.74 Å². The second-order valence-corrected chi connectivity index (χ2v) is 6.41. The Labute approximate surface area is 121 Å². The molecule has 0 fully saturated rings. The smallest absolute Gasteiger partial charge is 0.125 e. The van der Waals surface area contributed by atoms with Crippen molar-refractivity contribution in [2.24, 2.45) is 11.7 Å². The lowest BCUT2D eigenvalue weighted by atomic mass is 9.98. The highest BCUT2D eigenvalue weighted by atomic mass is 32.1. The van der Waals surface area contributed by atoms with Crippen molar-refractivity contribution in [1.29, 1.82) is 0 Å². The van der Waals surface area contributed by atoms with E-state index >= 15 is 0 Å². The zero-order valence-corrected chi connectivity index (χ0v) is 13.8. The van der Waals surface area contributed by atoms with Crippen molar-refractivity contribution in [1.82, 2.24) is 4.98 Å². The molecule has 0 amide bonds. The highest BCUT2D eigenvalue weighted by Gasteiger charge is 2.33. The molecule has 1 aromatic heterocycles. The molecular formula is C15H28N2OS. The molecule has 4 heteroatoms. The van der Waals surface area contributed by atoms with Gasteiger partial charge in [-0.2, -0.15) is 0 Å². The molecule has 0 unspecified atom stereocenters. The highest BCUT2D eigenvalue weighted by molar-refractivity contribution is 7.11. The molecule has 110 valence electrons. The Morgan fingerprint density at radius 1 is 1.26 bits per heavy atom. The van der Waals surface area contributed by atoms with Gasteiger partial charge in [0, 0.05) is 18.0 Å². The predicted molar refractivity (Wildman–Crippen MR) is 82.4 cm³/mol. The van der Waals surface area contributed by atoms with Gasteiger partial charge >= 0.3 is 0 Å². The number of nitrogens with two attached hydrogens (primary N) is 1. The summed E-state index contributed by atoms with van der Waals surface area (Å²) in [6.07, 6.45) is 2.91. The van der Waals surface area contributed by atoms with Gasteiger partial charge in [0.05, 0.1) is 5.69 Å². The Balaban J connectivity index is 3.14. The minimum atomic E-state index is -0.224. The topological polar surface area (TPSA) is 48.1 Å². The molecular weight excluding hydrogens is 256 g/mol. The first kappa shape index (κ1) is 16.6. The number of hydrogen-bond acceptors (Lipinski definition) is 4. The fraction of sp³-hybridized carbons (Fsp3) is 0.800. The molecule has 0 radical (unpaired) electrons. The van der Waals surface area contributed by atoms with E-state index in [4.69, 9.17) is 15.5 Å². The molecule has 0 saturated carbocycles. The van der Waals surface area contributed by atoms with Crippen LogP contribution in [0.2, 0.25) is 0 Å². The third-order valence-electron chi connectivity index (χ3n) is 3.52. The monoisotopic (exact) mass is 284 g/mol. The van der Waals surface area contributed by atoms with Gasteiger partial charge in [-0.05, 0) is 32.1 Å². The Morgan fingerprint density at radius 3 is 2.32 bits per heavy atom. The molecule has 2 N–H and O–H groups in total. The van der Waals surface area contributed by atoms with Crippen molar-refractivity contribution in [3.05, 3.63) is 15.6 Å². The van der Waals surface area contributed by atoms with Crippen LogP contribution in [-0.2, 0) is 23.3 Å². The van der Waals surface area contributed by atoms with Crippen LogP contribution in [0.5, 0.6) is 0 Å². The molecule has 19 heavy (non-hydrogen) atoms. The normalized spacial score (nSPS) is 12.4. The van der Waals surface area contributed by atoms with Crippen LogP contribution in [0.25, 0.3) is 0 Å². The second-order valence-electron chi connectivity index (χ2n) is 5.33. The summed E-state index contributed by atoms with van der Waals surface area (Å²) in [5, 5.41) is 1.11. The first-order valence-electron chi connectivity index (χ1n) is 7.35. The van der Waals surface area contributed by atoms with Gasteiger partial charge in [0.2, 0.25) is 0 Å². The Hall–Kier alpha value is -0.450. The van der Waals surface area contributed by atoms with Crippen LogP contribution in [-0.4, -0.2) is 11.6 Å². The van der Waals surface area contributed by atoms with Gasteiger partial charge in [-0.15, -0.1) is 11.3 Å². The first-order valence-corrected chi connectivity index (χ1v) is 8.17. The number of hydrogen-bond donors (Lipinski definition) is 1. The number of rotatable bonds is 8. The summed E-state index contributed by atoms with van der Waals surface area (Å²) in [7, 11) is 0. The van der Waals surface area contributed by atoms with Crippen molar-refractivity contribution in [3.8, 4) is 0 Å². The summed E-state index contributed by atoms with van der Waals surface area (Å²) in [4.78, 5) is 6.08. The van der Waals surface area contributed by atoms with Crippen molar-refractivity contribution >= 4 is 11.3 Å². The van der Waals surface area contributed by atoms with Gasteiger partial charge in [-0.3, -0.25) is 0 Å². The van der Waals surface area contributed by atoms with Gasteiger partial charge in [0.1, 0.15) is 10.6 Å². The number of thiazole rings is 1. The van der Waals surface area contributed by atoms with E-state index in [9.17, 15) is 0 Å². The molecule has 0 aliphatic heterocycles. The van der Waals surface area contributed by atoms with E-state index < -0.39 is 0 Å². The lowest BCUT2D eigenvalue weighted by Crippen LogP contribution is -2.28. The first-order chi connectivity index (χ1) is 9.02. The Bertz CT molecular complexity index is 383. The second kappa shape index (κ2) is 7.36. The molecule has 1 heterocycles. The van der Waals surface area contributed by atoms with Gasteiger partial charge < -0.3 is 10.5 Å². The average Bonchev–Trinajstić information content (AvgIpc) is 2.78. The van der Waals surface area contributed by atoms with Crippen LogP contribution in [0.15, 0.2) is 0 Å². The minimum absolute atomic E-state index is 0.224. The summed E-state index contributed by atoms with van der Waals surface area (Å²) < 4.78 is 6.04. The van der Waals surface area contributed by atoms with Crippen LogP contribution < -0.4 is 5.73 Å². The molecule has 1 aromatic rings. The zero-order valence-electron chi connectivity index (χ0n) is 13.0. The Morgan fingerprint density at radius 2 is 1.89 bits per heavy atom. The van der Waals surface area contributed by atoms with E-state index in [1.54, 1.807) is 11.3 Å². The fourth-order valence-corrected chi connectivity index (χ4v) is 3.63. The maximum absolute atomic E-state index is 6.04. The molecule has 0 bridgehead atoms. The van der Waals surface area contributed by atoms with Crippen LogP contribution in [0, 0.1) is 5.92 Å². The minimum Gasteiger partial charge on any atom is -0.368 e. The predicted octanol–water partition coefficient (Wildman–Crippen LogP) is 3.85. The van der Waals surface area contributed by atoms with E-state index in [1.807, 2.05) is 6.92 Å². The summed E-state index contributed by atoms with van der Waals surface area (Å²) in [5.74, 6) is 0.602. The number of nitrogens with zero attached hydrogens (tertiary/aromatic N) is 1. The van der Waals surface area contributed by atoms with Gasteiger partial charge in [0.15, 0.2) is 0 Å². The zero-order chi connectivity index (χ0) is 14.5. The van der Waals surface area contributed by atoms with Crippen molar-refractivity contribution in [3.63, 3.8) is 0 Å². The van der Waals surface area contributed by atoms with Crippen LogP contribution in [0.1, 0.15) is 63.0 Å². The van der Waals surface area contributed by atoms with Crippen LogP contribution in [0.3, 0.4) is 0 Å². The maximum atomic E-state index is 6.04. The molecule has 0 saturated heterocycles. The van der Waals surface area contributed by atoms with E-state index in [0.29, 0.717) is 12.5 Å². The average molecular weight is 284 g/mol. The lowest BCUT2D eigenvalue weighted by molar-refractivity contribution is -0.0507. The lowest BCUT2D eigenvalue weighted by Gasteiger charge is -2.29. The summed E-state index contributed by atoms with van der Waals surface area (Å²) in [5.41, 5.74) is 6.82. The molecule has 0 spiro atoms. The highest BCUT2D eigenvalue weighted by Crippen LogP contribution is 2.37. The van der Waals surface area contributed by atoms with E-state index in [0.717, 1.165) is 30.9 Å². The van der Waals surface area contributed by atoms with Gasteiger partial charge in [-0.25, -0.2) is 4.98 Å². The van der Waals surface area contributed by atoms with E-state index in [1.165, 1.54) is 10.6 Å². The third-order valence-corrected chi connectivity index (χ3v) is 4.82. The molecule has 0 aromatic carbocycles. The summed E-state index contributed by atoms with van der Waals surface area (Å²) in [6.45, 7) is 12.1. The van der Waals surface area contributed by atoms with Crippen LogP contribution in [0.4, 0.5) is 0 Å². The Kier molecular flexibility index (Phi) is 6.43. The van der Waals surface area contributed by atoms with Gasteiger partial charge in [-0.1, -0.05) is 27.7 Å². The number of aromatic nitrogens is 1. The SMILES string of the molecule is CCOC(CC)(CC)c1nc(CC(C)C)c(CN)s1. The van der Waals surface area contributed by atoms with E-state index in [2.05, 4.69) is 27.7 Å². The molecule has 0 aliphatic carbocycles. The largest absolute Gasteiger partial charge is 0.368 e. The van der Waals surface area contributed by atoms with Crippen molar-refractivity contribution in [2.45, 2.75) is 66.0 Å². The van der Waals surface area contributed by atoms with E-state index in [-0.39, 0.29) is 5.60 Å². The third kappa shape index (κ3) is 3.77. The van der Waals surface area contributed by atoms with Crippen molar-refractivity contribution in [2.75, 3.05) is 6.61 Å². The quantitative estimate of drug-likeness (QED) is 0.788. The van der Waals surface area contributed by atoms with Crippen LogP contribution >= 0.6 is 11.3 Å². The molecule has 3 nitrogen and oxygen atoms in total.